The molecule has 2 aromatic carbocycles. The summed E-state index contributed by atoms with van der Waals surface area (Å²) in [5, 5.41) is 2.52. The number of aromatic nitrogens is 1. The predicted molar refractivity (Wildman–Crippen MR) is 177 cm³/mol. The SMILES string of the molecule is CCOc1ncccc1C1(NC(=O)N2CCN(C3CCN(C)CC3)CC2)C(=O)N(S(=O)(=O)c2ccccc2OC)c2cc(F)c(Cl)cc21. The molecule has 2 fully saturated rings. The summed E-state index contributed by atoms with van der Waals surface area (Å²) in [6, 6.07) is 10.7. The maximum Gasteiger partial charge on any atom is 0.318 e. The minimum absolute atomic E-state index is 0.0105. The van der Waals surface area contributed by atoms with Gasteiger partial charge in [-0.1, -0.05) is 23.7 Å². The number of hydrogen-bond acceptors (Lipinski definition) is 9. The molecule has 1 aromatic heterocycles. The number of rotatable bonds is 8. The molecule has 1 N–H and O–H groups in total. The normalized spacial score (nSPS) is 20.9. The van der Waals surface area contributed by atoms with Crippen LogP contribution in [0, 0.1) is 5.82 Å². The van der Waals surface area contributed by atoms with Gasteiger partial charge < -0.3 is 24.6 Å². The molecule has 1 atom stereocenters. The lowest BCUT2D eigenvalue weighted by Crippen LogP contribution is -2.61. The zero-order valence-electron chi connectivity index (χ0n) is 27.0. The number of carbonyl (C=O) groups is 2. The molecule has 3 amide bonds. The van der Waals surface area contributed by atoms with Crippen molar-refractivity contribution in [1.82, 2.24) is 25.0 Å². The zero-order chi connectivity index (χ0) is 34.2. The summed E-state index contributed by atoms with van der Waals surface area (Å²) in [6.07, 6.45) is 3.55. The lowest BCUT2D eigenvalue weighted by atomic mass is 9.84. The Morgan fingerprint density at radius 1 is 1.06 bits per heavy atom. The number of benzene rings is 2. The summed E-state index contributed by atoms with van der Waals surface area (Å²) < 4.78 is 55.6. The number of ether oxygens (including phenoxy) is 2. The van der Waals surface area contributed by atoms with Crippen LogP contribution in [0.2, 0.25) is 5.02 Å². The van der Waals surface area contributed by atoms with E-state index in [0.29, 0.717) is 36.5 Å². The highest BCUT2D eigenvalue weighted by atomic mass is 35.5. The van der Waals surface area contributed by atoms with Crippen molar-refractivity contribution in [3.8, 4) is 11.6 Å². The van der Waals surface area contributed by atoms with E-state index in [1.807, 2.05) is 0 Å². The number of anilines is 1. The van der Waals surface area contributed by atoms with Crippen LogP contribution in [0.4, 0.5) is 14.9 Å². The number of methoxy groups -OCH3 is 1. The Balaban J connectivity index is 1.45. The molecule has 0 aliphatic carbocycles. The van der Waals surface area contributed by atoms with E-state index in [4.69, 9.17) is 21.1 Å². The summed E-state index contributed by atoms with van der Waals surface area (Å²) in [5.74, 6) is -2.07. The maximum absolute atomic E-state index is 15.2. The van der Waals surface area contributed by atoms with Gasteiger partial charge in [-0.3, -0.25) is 9.69 Å². The van der Waals surface area contributed by atoms with Crippen LogP contribution in [0.3, 0.4) is 0 Å². The molecular formula is C33H38ClFN6O6S. The number of para-hydroxylation sites is 1. The van der Waals surface area contributed by atoms with Crippen molar-refractivity contribution in [2.24, 2.45) is 0 Å². The van der Waals surface area contributed by atoms with Crippen LogP contribution in [-0.4, -0.2) is 106 Å². The third-order valence-electron chi connectivity index (χ3n) is 9.31. The molecule has 0 radical (unpaired) electrons. The number of nitrogens with one attached hydrogen (secondary N) is 1. The van der Waals surface area contributed by atoms with E-state index >= 15 is 4.39 Å². The minimum atomic E-state index is -4.75. The van der Waals surface area contributed by atoms with Gasteiger partial charge in [-0.05, 0) is 70.2 Å². The number of amides is 3. The monoisotopic (exact) mass is 700 g/mol. The van der Waals surface area contributed by atoms with Crippen LogP contribution >= 0.6 is 11.6 Å². The van der Waals surface area contributed by atoms with E-state index in [-0.39, 0.29) is 45.0 Å². The first-order chi connectivity index (χ1) is 23.0. The van der Waals surface area contributed by atoms with Gasteiger partial charge in [0.25, 0.3) is 15.9 Å². The van der Waals surface area contributed by atoms with Crippen LogP contribution in [0.5, 0.6) is 11.6 Å². The summed E-state index contributed by atoms with van der Waals surface area (Å²) in [6.45, 7) is 5.95. The molecule has 3 aliphatic rings. The number of piperidine rings is 1. The first kappa shape index (κ1) is 33.9. The highest BCUT2D eigenvalue weighted by molar-refractivity contribution is 7.93. The third kappa shape index (κ3) is 5.84. The van der Waals surface area contributed by atoms with Gasteiger partial charge in [0.2, 0.25) is 5.88 Å². The van der Waals surface area contributed by atoms with Crippen molar-refractivity contribution in [2.45, 2.75) is 36.2 Å². The molecule has 12 nitrogen and oxygen atoms in total. The maximum atomic E-state index is 15.2. The number of pyridine rings is 1. The Bertz CT molecular complexity index is 1820. The van der Waals surface area contributed by atoms with Gasteiger partial charge in [0.1, 0.15) is 16.5 Å². The number of piperazine rings is 1. The van der Waals surface area contributed by atoms with Gasteiger partial charge in [0, 0.05) is 50.0 Å². The topological polar surface area (TPSA) is 125 Å². The van der Waals surface area contributed by atoms with Crippen LogP contribution in [0.25, 0.3) is 0 Å². The second-order valence-electron chi connectivity index (χ2n) is 12.0. The zero-order valence-corrected chi connectivity index (χ0v) is 28.6. The molecule has 6 rings (SSSR count). The number of sulfonamides is 1. The summed E-state index contributed by atoms with van der Waals surface area (Å²) >= 11 is 6.31. The number of nitrogens with zero attached hydrogens (tertiary/aromatic N) is 5. The second kappa shape index (κ2) is 13.5. The van der Waals surface area contributed by atoms with E-state index < -0.39 is 33.3 Å². The number of likely N-dealkylation sites (tertiary alicyclic amines) is 1. The van der Waals surface area contributed by atoms with Gasteiger partial charge in [0.15, 0.2) is 5.54 Å². The molecule has 48 heavy (non-hydrogen) atoms. The molecule has 3 aliphatic heterocycles. The van der Waals surface area contributed by atoms with E-state index in [1.165, 1.54) is 43.6 Å². The molecule has 15 heteroatoms. The Morgan fingerprint density at radius 2 is 1.77 bits per heavy atom. The van der Waals surface area contributed by atoms with E-state index in [1.54, 1.807) is 24.0 Å². The molecule has 1 unspecified atom stereocenters. The average Bonchev–Trinajstić information content (AvgIpc) is 3.32. The van der Waals surface area contributed by atoms with Gasteiger partial charge in [-0.15, -0.1) is 0 Å². The molecule has 3 aromatic rings. The van der Waals surface area contributed by atoms with Crippen molar-refractivity contribution in [2.75, 3.05) is 64.3 Å². The van der Waals surface area contributed by atoms with Crippen LogP contribution < -0.4 is 19.1 Å². The number of urea groups is 1. The van der Waals surface area contributed by atoms with E-state index in [2.05, 4.69) is 27.1 Å². The summed E-state index contributed by atoms with van der Waals surface area (Å²) in [7, 11) is -1.34. The minimum Gasteiger partial charge on any atom is -0.495 e. The Kier molecular flexibility index (Phi) is 9.53. The Hall–Kier alpha value is -3.98. The quantitative estimate of drug-likeness (QED) is 0.375. The molecule has 2 saturated heterocycles. The third-order valence-corrected chi connectivity index (χ3v) is 11.3. The fourth-order valence-corrected chi connectivity index (χ4v) is 8.60. The van der Waals surface area contributed by atoms with Crippen molar-refractivity contribution < 1.29 is 31.9 Å². The van der Waals surface area contributed by atoms with E-state index in [9.17, 15) is 18.0 Å². The largest absolute Gasteiger partial charge is 0.495 e. The molecule has 256 valence electrons. The van der Waals surface area contributed by atoms with Crippen molar-refractivity contribution >= 4 is 39.2 Å². The van der Waals surface area contributed by atoms with E-state index in [0.717, 1.165) is 32.0 Å². The lowest BCUT2D eigenvalue weighted by molar-refractivity contribution is -0.121. The second-order valence-corrected chi connectivity index (χ2v) is 14.2. The highest BCUT2D eigenvalue weighted by Gasteiger charge is 2.59. The Labute approximate surface area is 284 Å². The van der Waals surface area contributed by atoms with Crippen LogP contribution in [0.15, 0.2) is 59.6 Å². The molecular weight excluding hydrogens is 663 g/mol. The number of halogens is 2. The van der Waals surface area contributed by atoms with Crippen molar-refractivity contribution in [3.05, 3.63) is 76.7 Å². The van der Waals surface area contributed by atoms with Crippen LogP contribution in [-0.2, 0) is 20.4 Å². The fourth-order valence-electron chi connectivity index (χ4n) is 6.82. The van der Waals surface area contributed by atoms with Gasteiger partial charge in [-0.2, -0.15) is 4.31 Å². The van der Waals surface area contributed by atoms with Gasteiger partial charge in [0.05, 0.1) is 30.0 Å². The number of hydrogen-bond donors (Lipinski definition) is 1. The fraction of sp³-hybridized carbons (Fsp3) is 0.424. The number of fused-ring (bicyclic) bond motifs is 1. The first-order valence-electron chi connectivity index (χ1n) is 15.8. The van der Waals surface area contributed by atoms with Gasteiger partial charge in [-0.25, -0.2) is 22.6 Å². The predicted octanol–water partition coefficient (Wildman–Crippen LogP) is 3.68. The van der Waals surface area contributed by atoms with Crippen molar-refractivity contribution in [3.63, 3.8) is 0 Å². The Morgan fingerprint density at radius 3 is 2.46 bits per heavy atom. The smallest absolute Gasteiger partial charge is 0.318 e. The first-order valence-corrected chi connectivity index (χ1v) is 17.6. The molecule has 0 saturated carbocycles. The lowest BCUT2D eigenvalue weighted by Gasteiger charge is -2.43. The van der Waals surface area contributed by atoms with Crippen LogP contribution in [0.1, 0.15) is 30.9 Å². The average molecular weight is 701 g/mol. The van der Waals surface area contributed by atoms with Crippen molar-refractivity contribution in [1.29, 1.82) is 0 Å². The summed E-state index contributed by atoms with van der Waals surface area (Å²) in [5.41, 5.74) is -2.52. The number of carbonyl (C=O) groups excluding carboxylic acids is 2. The molecule has 4 heterocycles. The molecule has 0 spiro atoms. The summed E-state index contributed by atoms with van der Waals surface area (Å²) in [4.78, 5) is 39.5. The molecule has 0 bridgehead atoms. The highest BCUT2D eigenvalue weighted by Crippen LogP contribution is 2.50. The van der Waals surface area contributed by atoms with Gasteiger partial charge >= 0.3 is 6.03 Å². The standard InChI is InChI=1S/C33H38ClFN6O6S/c1-4-47-30-23(8-7-13-36-30)33(37-32(43)40-18-16-39(17-19-40)22-11-14-38(2)15-12-22)24-20-25(34)26(35)21-27(24)41(31(33)42)48(44,45)29-10-6-5-9-28(29)46-3/h5-10,13,20-22H,4,11-12,14-19H2,1-3H3,(H,37,43).